The zero-order valence-corrected chi connectivity index (χ0v) is 17.2. The summed E-state index contributed by atoms with van der Waals surface area (Å²) in [5.74, 6) is 0.732. The standard InChI is InChI=1S/C18H26ClN5OS/c1-5-20-17(21-10-15-12-26-18(23-15)24(2)3)22-11-16(25-4)13-7-6-8-14(19)9-13/h6-9,12,16H,5,10-11H2,1-4H3,(H2,20,21,22). The molecule has 1 heterocycles. The van der Waals surface area contributed by atoms with Gasteiger partial charge in [-0.05, 0) is 24.6 Å². The molecule has 0 aliphatic rings. The molecule has 0 amide bonds. The molecule has 1 aromatic heterocycles. The maximum Gasteiger partial charge on any atom is 0.191 e. The number of anilines is 1. The Labute approximate surface area is 164 Å². The molecule has 2 N–H and O–H groups in total. The van der Waals surface area contributed by atoms with Gasteiger partial charge in [-0.3, -0.25) is 0 Å². The molecule has 0 fully saturated rings. The van der Waals surface area contributed by atoms with Gasteiger partial charge in [0.05, 0.1) is 18.3 Å². The summed E-state index contributed by atoms with van der Waals surface area (Å²) in [6.07, 6.45) is -0.114. The lowest BCUT2D eigenvalue weighted by Crippen LogP contribution is -2.39. The fraction of sp³-hybridized carbons (Fsp3) is 0.444. The molecule has 0 spiro atoms. The zero-order chi connectivity index (χ0) is 18.9. The summed E-state index contributed by atoms with van der Waals surface area (Å²) in [4.78, 5) is 11.2. The average Bonchev–Trinajstić information content (AvgIpc) is 3.09. The minimum atomic E-state index is -0.114. The smallest absolute Gasteiger partial charge is 0.191 e. The summed E-state index contributed by atoms with van der Waals surface area (Å²) in [6.45, 7) is 3.92. The first kappa shape index (κ1) is 20.5. The molecule has 0 radical (unpaired) electrons. The van der Waals surface area contributed by atoms with Crippen LogP contribution >= 0.6 is 22.9 Å². The van der Waals surface area contributed by atoms with Crippen LogP contribution in [-0.2, 0) is 11.3 Å². The third kappa shape index (κ3) is 6.16. The minimum absolute atomic E-state index is 0.114. The van der Waals surface area contributed by atoms with Crippen molar-refractivity contribution in [2.45, 2.75) is 19.6 Å². The van der Waals surface area contributed by atoms with Crippen molar-refractivity contribution < 1.29 is 4.74 Å². The molecule has 0 aliphatic carbocycles. The maximum absolute atomic E-state index is 6.08. The Balaban J connectivity index is 1.99. The molecular formula is C18H26ClN5OS. The molecule has 2 rings (SSSR count). The van der Waals surface area contributed by atoms with Crippen molar-refractivity contribution >= 4 is 34.0 Å². The Morgan fingerprint density at radius 3 is 2.81 bits per heavy atom. The highest BCUT2D eigenvalue weighted by atomic mass is 35.5. The molecule has 8 heteroatoms. The third-order valence-corrected chi connectivity index (χ3v) is 4.92. The SMILES string of the molecule is CCNC(=NCc1csc(N(C)C)n1)NCC(OC)c1cccc(Cl)c1. The Morgan fingerprint density at radius 1 is 1.38 bits per heavy atom. The Kier molecular flexibility index (Phi) is 8.15. The van der Waals surface area contributed by atoms with E-state index in [1.54, 1.807) is 18.4 Å². The van der Waals surface area contributed by atoms with Crippen molar-refractivity contribution in [3.05, 3.63) is 45.9 Å². The summed E-state index contributed by atoms with van der Waals surface area (Å²) in [5, 5.41) is 10.3. The van der Waals surface area contributed by atoms with E-state index in [1.165, 1.54) is 0 Å². The second-order valence-corrected chi connectivity index (χ2v) is 7.14. The van der Waals surface area contributed by atoms with Gasteiger partial charge in [-0.15, -0.1) is 11.3 Å². The van der Waals surface area contributed by atoms with Crippen LogP contribution in [0.1, 0.15) is 24.3 Å². The van der Waals surface area contributed by atoms with Gasteiger partial charge < -0.3 is 20.3 Å². The largest absolute Gasteiger partial charge is 0.375 e. The number of rotatable bonds is 8. The fourth-order valence-electron chi connectivity index (χ4n) is 2.31. The number of aliphatic imine (C=N–C) groups is 1. The van der Waals surface area contributed by atoms with E-state index in [9.17, 15) is 0 Å². The first-order valence-electron chi connectivity index (χ1n) is 8.45. The van der Waals surface area contributed by atoms with Gasteiger partial charge in [0.1, 0.15) is 0 Å². The molecule has 1 unspecified atom stereocenters. The van der Waals surface area contributed by atoms with Crippen LogP contribution < -0.4 is 15.5 Å². The number of thiazole rings is 1. The van der Waals surface area contributed by atoms with Crippen LogP contribution in [0.25, 0.3) is 0 Å². The van der Waals surface area contributed by atoms with Crippen LogP contribution in [0, 0.1) is 0 Å². The van der Waals surface area contributed by atoms with Gasteiger partial charge in [0.2, 0.25) is 0 Å². The molecule has 26 heavy (non-hydrogen) atoms. The molecule has 0 bridgehead atoms. The highest BCUT2D eigenvalue weighted by molar-refractivity contribution is 7.13. The Bertz CT molecular complexity index is 719. The van der Waals surface area contributed by atoms with Crippen molar-refractivity contribution in [1.82, 2.24) is 15.6 Å². The van der Waals surface area contributed by atoms with Crippen LogP contribution in [0.4, 0.5) is 5.13 Å². The number of ether oxygens (including phenoxy) is 1. The van der Waals surface area contributed by atoms with E-state index >= 15 is 0 Å². The van der Waals surface area contributed by atoms with Crippen molar-refractivity contribution in [3.8, 4) is 0 Å². The minimum Gasteiger partial charge on any atom is -0.375 e. The zero-order valence-electron chi connectivity index (χ0n) is 15.6. The molecule has 2 aromatic rings. The summed E-state index contributed by atoms with van der Waals surface area (Å²) in [5.41, 5.74) is 1.98. The number of nitrogens with zero attached hydrogens (tertiary/aromatic N) is 3. The molecule has 1 aromatic carbocycles. The number of hydrogen-bond acceptors (Lipinski definition) is 5. The number of methoxy groups -OCH3 is 1. The van der Waals surface area contributed by atoms with Gasteiger partial charge in [-0.25, -0.2) is 9.98 Å². The Morgan fingerprint density at radius 2 is 2.19 bits per heavy atom. The first-order chi connectivity index (χ1) is 12.5. The lowest BCUT2D eigenvalue weighted by molar-refractivity contribution is 0.106. The monoisotopic (exact) mass is 395 g/mol. The lowest BCUT2D eigenvalue weighted by atomic mass is 10.1. The number of hydrogen-bond donors (Lipinski definition) is 2. The van der Waals surface area contributed by atoms with Crippen LogP contribution in [0.5, 0.6) is 0 Å². The topological polar surface area (TPSA) is 61.8 Å². The normalized spacial score (nSPS) is 12.7. The van der Waals surface area contributed by atoms with Gasteiger partial charge >= 0.3 is 0 Å². The molecule has 0 saturated carbocycles. The van der Waals surface area contributed by atoms with E-state index in [0.717, 1.165) is 28.9 Å². The van der Waals surface area contributed by atoms with Gasteiger partial charge in [0, 0.05) is 44.7 Å². The summed E-state index contributed by atoms with van der Waals surface area (Å²) in [7, 11) is 5.66. The van der Waals surface area contributed by atoms with Gasteiger partial charge in [-0.2, -0.15) is 0 Å². The average molecular weight is 396 g/mol. The van der Waals surface area contributed by atoms with Crippen molar-refractivity contribution in [3.63, 3.8) is 0 Å². The number of aromatic nitrogens is 1. The van der Waals surface area contributed by atoms with Crippen LogP contribution in [0.15, 0.2) is 34.6 Å². The third-order valence-electron chi connectivity index (χ3n) is 3.63. The quantitative estimate of drug-likeness (QED) is 0.530. The predicted octanol–water partition coefficient (Wildman–Crippen LogP) is 3.31. The summed E-state index contributed by atoms with van der Waals surface area (Å²) in [6, 6.07) is 7.70. The number of halogens is 1. The summed E-state index contributed by atoms with van der Waals surface area (Å²) >= 11 is 7.69. The first-order valence-corrected chi connectivity index (χ1v) is 9.71. The molecule has 0 saturated heterocycles. The maximum atomic E-state index is 6.08. The van der Waals surface area contributed by atoms with E-state index < -0.39 is 0 Å². The summed E-state index contributed by atoms with van der Waals surface area (Å²) < 4.78 is 5.59. The van der Waals surface area contributed by atoms with E-state index in [2.05, 4.69) is 20.6 Å². The number of guanidine groups is 1. The van der Waals surface area contributed by atoms with Crippen molar-refractivity contribution in [2.75, 3.05) is 39.2 Å². The van der Waals surface area contributed by atoms with Gasteiger partial charge in [0.15, 0.2) is 11.1 Å². The number of benzene rings is 1. The van der Waals surface area contributed by atoms with Crippen molar-refractivity contribution in [2.24, 2.45) is 4.99 Å². The highest BCUT2D eigenvalue weighted by Crippen LogP contribution is 2.20. The van der Waals surface area contributed by atoms with Crippen LogP contribution in [-0.4, -0.2) is 45.2 Å². The second kappa shape index (κ2) is 10.4. The van der Waals surface area contributed by atoms with E-state index in [4.69, 9.17) is 16.3 Å². The van der Waals surface area contributed by atoms with Crippen LogP contribution in [0.2, 0.25) is 5.02 Å². The lowest BCUT2D eigenvalue weighted by Gasteiger charge is -2.19. The van der Waals surface area contributed by atoms with Gasteiger partial charge in [0.25, 0.3) is 0 Å². The predicted molar refractivity (Wildman–Crippen MR) is 110 cm³/mol. The fourth-order valence-corrected chi connectivity index (χ4v) is 3.26. The van der Waals surface area contributed by atoms with Gasteiger partial charge in [-0.1, -0.05) is 23.7 Å². The highest BCUT2D eigenvalue weighted by Gasteiger charge is 2.12. The molecular weight excluding hydrogens is 370 g/mol. The van der Waals surface area contributed by atoms with E-state index in [-0.39, 0.29) is 6.10 Å². The van der Waals surface area contributed by atoms with Crippen molar-refractivity contribution in [1.29, 1.82) is 0 Å². The molecule has 0 aliphatic heterocycles. The van der Waals surface area contributed by atoms with E-state index in [0.29, 0.717) is 18.1 Å². The molecule has 1 atom stereocenters. The second-order valence-electron chi connectivity index (χ2n) is 5.87. The molecule has 142 valence electrons. The molecule has 6 nitrogen and oxygen atoms in total. The van der Waals surface area contributed by atoms with E-state index in [1.807, 2.05) is 55.6 Å². The Hall–Kier alpha value is -1.83. The number of nitrogens with one attached hydrogen (secondary N) is 2. The van der Waals surface area contributed by atoms with Crippen LogP contribution in [0.3, 0.4) is 0 Å².